The number of para-hydroxylation sites is 1. The number of nitrogens with zero attached hydrogens (tertiary/aromatic N) is 2. The van der Waals surface area contributed by atoms with E-state index in [1.165, 1.54) is 0 Å². The Kier molecular flexibility index (Phi) is 4.50. The van der Waals surface area contributed by atoms with Gasteiger partial charge in [-0.25, -0.2) is 4.98 Å². The summed E-state index contributed by atoms with van der Waals surface area (Å²) in [5, 5.41) is 2.98. The summed E-state index contributed by atoms with van der Waals surface area (Å²) < 4.78 is 13.0. The molecular formula is C17H21N3O3. The molecule has 6 nitrogen and oxygen atoms in total. The van der Waals surface area contributed by atoms with Gasteiger partial charge in [0.05, 0.1) is 13.7 Å². The smallest absolute Gasteiger partial charge is 0.239 e. The molecule has 0 unspecified atom stereocenters. The average molecular weight is 315 g/mol. The maximum absolute atomic E-state index is 12.0. The molecule has 0 spiro atoms. The SMILES string of the molecule is COc1cccc2c1OC[C@H](CNC(=O)Cn1ccnc1C)C2. The van der Waals surface area contributed by atoms with Crippen molar-refractivity contribution in [1.29, 1.82) is 0 Å². The van der Waals surface area contributed by atoms with E-state index in [0.717, 1.165) is 29.3 Å². The third-order valence-electron chi connectivity index (χ3n) is 4.08. The number of methoxy groups -OCH3 is 1. The van der Waals surface area contributed by atoms with Crippen molar-refractivity contribution in [3.8, 4) is 11.5 Å². The van der Waals surface area contributed by atoms with Crippen LogP contribution in [0, 0.1) is 12.8 Å². The summed E-state index contributed by atoms with van der Waals surface area (Å²) in [6, 6.07) is 5.90. The van der Waals surface area contributed by atoms with Gasteiger partial charge < -0.3 is 19.4 Å². The van der Waals surface area contributed by atoms with E-state index in [1.807, 2.05) is 29.7 Å². The predicted molar refractivity (Wildman–Crippen MR) is 85.7 cm³/mol. The molecular weight excluding hydrogens is 294 g/mol. The lowest BCUT2D eigenvalue weighted by Crippen LogP contribution is -2.36. The molecule has 1 amide bonds. The molecule has 0 radical (unpaired) electrons. The highest BCUT2D eigenvalue weighted by Crippen LogP contribution is 2.35. The van der Waals surface area contributed by atoms with Crippen LogP contribution in [0.2, 0.25) is 0 Å². The van der Waals surface area contributed by atoms with Gasteiger partial charge in [-0.15, -0.1) is 0 Å². The maximum atomic E-state index is 12.0. The molecule has 1 aromatic heterocycles. The van der Waals surface area contributed by atoms with Crippen molar-refractivity contribution in [3.63, 3.8) is 0 Å². The van der Waals surface area contributed by atoms with Gasteiger partial charge in [0.1, 0.15) is 12.4 Å². The molecule has 2 heterocycles. The Morgan fingerprint density at radius 2 is 2.39 bits per heavy atom. The van der Waals surface area contributed by atoms with Crippen molar-refractivity contribution in [2.45, 2.75) is 19.9 Å². The molecule has 3 rings (SSSR count). The lowest BCUT2D eigenvalue weighted by atomic mass is 9.96. The van der Waals surface area contributed by atoms with Crippen LogP contribution in [0.4, 0.5) is 0 Å². The largest absolute Gasteiger partial charge is 0.493 e. The first-order valence-corrected chi connectivity index (χ1v) is 7.70. The first-order chi connectivity index (χ1) is 11.2. The average Bonchev–Trinajstić information content (AvgIpc) is 2.97. The van der Waals surface area contributed by atoms with Crippen molar-refractivity contribution < 1.29 is 14.3 Å². The Balaban J connectivity index is 1.54. The summed E-state index contributed by atoms with van der Waals surface area (Å²) in [7, 11) is 1.64. The van der Waals surface area contributed by atoms with E-state index in [2.05, 4.69) is 10.3 Å². The zero-order valence-corrected chi connectivity index (χ0v) is 13.4. The standard InChI is InChI=1S/C17H21N3O3/c1-12-18-6-7-20(12)10-16(21)19-9-13-8-14-4-3-5-15(22-2)17(14)23-11-13/h3-7,13H,8-11H2,1-2H3,(H,19,21)/t13-/m0/s1. The summed E-state index contributed by atoms with van der Waals surface area (Å²) in [5.41, 5.74) is 1.13. The maximum Gasteiger partial charge on any atom is 0.239 e. The molecule has 0 bridgehead atoms. The van der Waals surface area contributed by atoms with Crippen molar-refractivity contribution >= 4 is 5.91 Å². The van der Waals surface area contributed by atoms with Crippen LogP contribution in [0.5, 0.6) is 11.5 Å². The van der Waals surface area contributed by atoms with Gasteiger partial charge in [0.2, 0.25) is 5.91 Å². The second-order valence-corrected chi connectivity index (χ2v) is 5.74. The van der Waals surface area contributed by atoms with E-state index in [0.29, 0.717) is 19.7 Å². The number of nitrogens with one attached hydrogen (secondary N) is 1. The lowest BCUT2D eigenvalue weighted by molar-refractivity contribution is -0.121. The number of imidazole rings is 1. The second-order valence-electron chi connectivity index (χ2n) is 5.74. The Hall–Kier alpha value is -2.50. The third kappa shape index (κ3) is 3.47. The highest BCUT2D eigenvalue weighted by Gasteiger charge is 2.23. The number of rotatable bonds is 5. The number of fused-ring (bicyclic) bond motifs is 1. The number of benzene rings is 1. The van der Waals surface area contributed by atoms with E-state index >= 15 is 0 Å². The Labute approximate surface area is 135 Å². The lowest BCUT2D eigenvalue weighted by Gasteiger charge is -2.26. The molecule has 1 aliphatic rings. The van der Waals surface area contributed by atoms with Gasteiger partial charge in [0, 0.05) is 24.9 Å². The van der Waals surface area contributed by atoms with E-state index in [1.54, 1.807) is 19.5 Å². The number of amides is 1. The fourth-order valence-corrected chi connectivity index (χ4v) is 2.79. The minimum absolute atomic E-state index is 0.0115. The van der Waals surface area contributed by atoms with Gasteiger partial charge in [-0.3, -0.25) is 4.79 Å². The summed E-state index contributed by atoms with van der Waals surface area (Å²) >= 11 is 0. The molecule has 0 aliphatic carbocycles. The van der Waals surface area contributed by atoms with Crippen LogP contribution in [-0.4, -0.2) is 35.7 Å². The molecule has 1 aliphatic heterocycles. The van der Waals surface area contributed by atoms with Crippen molar-refractivity contribution in [2.24, 2.45) is 5.92 Å². The van der Waals surface area contributed by atoms with Gasteiger partial charge in [-0.2, -0.15) is 0 Å². The van der Waals surface area contributed by atoms with E-state index in [-0.39, 0.29) is 11.8 Å². The van der Waals surface area contributed by atoms with E-state index < -0.39 is 0 Å². The van der Waals surface area contributed by atoms with Crippen LogP contribution in [0.3, 0.4) is 0 Å². The second kappa shape index (κ2) is 6.73. The van der Waals surface area contributed by atoms with Crippen LogP contribution in [0.1, 0.15) is 11.4 Å². The Morgan fingerprint density at radius 3 is 3.13 bits per heavy atom. The summed E-state index contributed by atoms with van der Waals surface area (Å²) in [4.78, 5) is 16.1. The van der Waals surface area contributed by atoms with Crippen molar-refractivity contribution in [3.05, 3.63) is 42.0 Å². The molecule has 23 heavy (non-hydrogen) atoms. The number of carbonyl (C=O) groups is 1. The number of aromatic nitrogens is 2. The molecule has 1 N–H and O–H groups in total. The number of hydrogen-bond donors (Lipinski definition) is 1. The molecule has 6 heteroatoms. The minimum Gasteiger partial charge on any atom is -0.493 e. The van der Waals surface area contributed by atoms with Gasteiger partial charge in [-0.1, -0.05) is 12.1 Å². The zero-order chi connectivity index (χ0) is 16.2. The molecule has 1 atom stereocenters. The number of ether oxygens (including phenoxy) is 2. The van der Waals surface area contributed by atoms with Crippen LogP contribution in [0.15, 0.2) is 30.6 Å². The fraction of sp³-hybridized carbons (Fsp3) is 0.412. The van der Waals surface area contributed by atoms with Crippen LogP contribution in [0.25, 0.3) is 0 Å². The van der Waals surface area contributed by atoms with Crippen molar-refractivity contribution in [1.82, 2.24) is 14.9 Å². The predicted octanol–water partition coefficient (Wildman–Crippen LogP) is 1.57. The van der Waals surface area contributed by atoms with E-state index in [4.69, 9.17) is 9.47 Å². The Morgan fingerprint density at radius 1 is 1.52 bits per heavy atom. The van der Waals surface area contributed by atoms with Crippen molar-refractivity contribution in [2.75, 3.05) is 20.3 Å². The molecule has 2 aromatic rings. The molecule has 122 valence electrons. The topological polar surface area (TPSA) is 65.4 Å². The van der Waals surface area contributed by atoms with E-state index in [9.17, 15) is 4.79 Å². The highest BCUT2D eigenvalue weighted by molar-refractivity contribution is 5.75. The first kappa shape index (κ1) is 15.4. The number of hydrogen-bond acceptors (Lipinski definition) is 4. The summed E-state index contributed by atoms with van der Waals surface area (Å²) in [6.45, 7) is 3.36. The van der Waals surface area contributed by atoms with Gasteiger partial charge in [-0.05, 0) is 25.0 Å². The van der Waals surface area contributed by atoms with Gasteiger partial charge >= 0.3 is 0 Å². The highest BCUT2D eigenvalue weighted by atomic mass is 16.5. The molecule has 0 fully saturated rings. The summed E-state index contributed by atoms with van der Waals surface area (Å²) in [5.74, 6) is 2.68. The Bertz CT molecular complexity index is 696. The number of carbonyl (C=O) groups excluding carboxylic acids is 1. The quantitative estimate of drug-likeness (QED) is 0.909. The third-order valence-corrected chi connectivity index (χ3v) is 4.08. The molecule has 0 saturated heterocycles. The van der Waals surface area contributed by atoms with Crippen LogP contribution < -0.4 is 14.8 Å². The van der Waals surface area contributed by atoms with Crippen LogP contribution >= 0.6 is 0 Å². The summed E-state index contributed by atoms with van der Waals surface area (Å²) in [6.07, 6.45) is 4.37. The minimum atomic E-state index is -0.0115. The number of aryl methyl sites for hydroxylation is 1. The zero-order valence-electron chi connectivity index (χ0n) is 13.4. The first-order valence-electron chi connectivity index (χ1n) is 7.70. The molecule has 1 aromatic carbocycles. The normalized spacial score (nSPS) is 16.3. The van der Waals surface area contributed by atoms with Gasteiger partial charge in [0.25, 0.3) is 0 Å². The monoisotopic (exact) mass is 315 g/mol. The fourth-order valence-electron chi connectivity index (χ4n) is 2.79. The molecule has 0 saturated carbocycles. The van der Waals surface area contributed by atoms with Crippen LogP contribution in [-0.2, 0) is 17.8 Å². The van der Waals surface area contributed by atoms with Gasteiger partial charge in [0.15, 0.2) is 11.5 Å².